The Bertz CT molecular complexity index is 1980. The average Bonchev–Trinajstić information content (AvgIpc) is 3.30. The third-order valence-electron chi connectivity index (χ3n) is 9.46. The van der Waals surface area contributed by atoms with Gasteiger partial charge < -0.3 is 0 Å². The Labute approximate surface area is 243 Å². The van der Waals surface area contributed by atoms with Gasteiger partial charge in [0, 0.05) is 5.57 Å². The van der Waals surface area contributed by atoms with Gasteiger partial charge in [0.25, 0.3) is 5.82 Å². The summed E-state index contributed by atoms with van der Waals surface area (Å²) in [6, 6.07) is 35.9. The lowest BCUT2D eigenvalue weighted by molar-refractivity contribution is -0.718. The number of allylic oxidation sites excluding steroid dienone is 1. The number of hydrogen-bond donors (Lipinski definition) is 0. The minimum absolute atomic E-state index is 0.227. The van der Waals surface area contributed by atoms with Crippen LogP contribution in [0.25, 0.3) is 55.6 Å². The molecular formula is C39H37N2+. The number of hydrogen-bond acceptors (Lipinski definition) is 0. The molecule has 0 bridgehead atoms. The van der Waals surface area contributed by atoms with Crippen LogP contribution in [0.3, 0.4) is 0 Å². The molecule has 41 heavy (non-hydrogen) atoms. The number of rotatable bonds is 4. The molecule has 0 aliphatic carbocycles. The monoisotopic (exact) mass is 533 g/mol. The maximum atomic E-state index is 4.82. The highest BCUT2D eigenvalue weighted by atomic mass is 15.2. The van der Waals surface area contributed by atoms with E-state index >= 15 is 0 Å². The molecule has 0 atom stereocenters. The molecule has 1 aliphatic rings. The van der Waals surface area contributed by atoms with Gasteiger partial charge in [-0.05, 0) is 90.4 Å². The van der Waals surface area contributed by atoms with E-state index in [1.165, 1.54) is 77.8 Å². The number of benzene rings is 5. The summed E-state index contributed by atoms with van der Waals surface area (Å²) in [6.07, 6.45) is 1.94. The molecular weight excluding hydrogens is 496 g/mol. The molecule has 1 aromatic heterocycles. The molecule has 0 N–H and O–H groups in total. The summed E-state index contributed by atoms with van der Waals surface area (Å²) in [4.78, 5) is 0. The predicted octanol–water partition coefficient (Wildman–Crippen LogP) is 9.87. The van der Waals surface area contributed by atoms with Gasteiger partial charge in [-0.15, -0.1) is 0 Å². The Morgan fingerprint density at radius 1 is 0.683 bits per heavy atom. The minimum Gasteiger partial charge on any atom is -0.213 e. The zero-order valence-corrected chi connectivity index (χ0v) is 24.8. The zero-order chi connectivity index (χ0) is 28.5. The van der Waals surface area contributed by atoms with E-state index in [1.807, 2.05) is 0 Å². The van der Waals surface area contributed by atoms with Crippen LogP contribution < -0.4 is 4.57 Å². The van der Waals surface area contributed by atoms with Gasteiger partial charge in [0.2, 0.25) is 0 Å². The molecule has 0 radical (unpaired) electrons. The Morgan fingerprint density at radius 2 is 1.32 bits per heavy atom. The highest BCUT2D eigenvalue weighted by molar-refractivity contribution is 5.97. The first-order valence-electron chi connectivity index (χ1n) is 14.9. The third kappa shape index (κ3) is 3.60. The normalized spacial score (nSPS) is 13.9. The molecule has 6 aromatic rings. The molecule has 0 saturated heterocycles. The Kier molecular flexibility index (Phi) is 5.80. The Hall–Kier alpha value is -4.43. The van der Waals surface area contributed by atoms with E-state index in [0.717, 1.165) is 12.8 Å². The van der Waals surface area contributed by atoms with Crippen molar-refractivity contribution in [1.29, 1.82) is 0 Å². The van der Waals surface area contributed by atoms with E-state index in [-0.39, 0.29) is 5.54 Å². The lowest BCUT2D eigenvalue weighted by Crippen LogP contribution is -2.59. The number of nitrogens with zero attached hydrogens (tertiary/aromatic N) is 2. The van der Waals surface area contributed by atoms with Crippen molar-refractivity contribution in [2.75, 3.05) is 0 Å². The van der Waals surface area contributed by atoms with E-state index in [2.05, 4.69) is 141 Å². The molecule has 1 aliphatic heterocycles. The van der Waals surface area contributed by atoms with Crippen LogP contribution in [0.4, 0.5) is 0 Å². The van der Waals surface area contributed by atoms with Crippen molar-refractivity contribution in [3.05, 3.63) is 126 Å². The molecule has 2 nitrogen and oxygen atoms in total. The van der Waals surface area contributed by atoms with E-state index in [9.17, 15) is 0 Å². The van der Waals surface area contributed by atoms with Gasteiger partial charge in [-0.3, -0.25) is 0 Å². The standard InChI is InChI=1S/C39H37N2/c1-7-39(8-2)28(6)33-19-18-32(29-14-10-9-11-15-29)22-34(33)38-40(37-26(4)20-25(3)21-27(37)5)35-23-30-16-12-13-17-31(30)24-36(35)41(38)39/h9-24H,6-8H2,1-5H3/q+1. The molecule has 0 saturated carbocycles. The first-order valence-corrected chi connectivity index (χ1v) is 14.9. The van der Waals surface area contributed by atoms with E-state index in [4.69, 9.17) is 6.58 Å². The quantitative estimate of drug-likeness (QED) is 0.199. The molecule has 0 fully saturated rings. The first kappa shape index (κ1) is 25.5. The smallest absolute Gasteiger partial charge is 0.213 e. The van der Waals surface area contributed by atoms with E-state index in [0.29, 0.717) is 0 Å². The number of aromatic nitrogens is 2. The van der Waals surface area contributed by atoms with Crippen LogP contribution in [0.2, 0.25) is 0 Å². The van der Waals surface area contributed by atoms with Crippen molar-refractivity contribution in [1.82, 2.24) is 4.57 Å². The second-order valence-electron chi connectivity index (χ2n) is 11.8. The summed E-state index contributed by atoms with van der Waals surface area (Å²) in [5.41, 5.74) is 13.6. The van der Waals surface area contributed by atoms with Gasteiger partial charge in [0.15, 0.2) is 11.0 Å². The van der Waals surface area contributed by atoms with Crippen molar-refractivity contribution in [2.45, 2.75) is 53.0 Å². The van der Waals surface area contributed by atoms with E-state index in [1.54, 1.807) is 0 Å². The van der Waals surface area contributed by atoms with Crippen LogP contribution in [0.5, 0.6) is 0 Å². The van der Waals surface area contributed by atoms with Crippen LogP contribution in [0.15, 0.2) is 104 Å². The summed E-state index contributed by atoms with van der Waals surface area (Å²) in [5.74, 6) is 1.24. The predicted molar refractivity (Wildman–Crippen MR) is 174 cm³/mol. The number of aryl methyl sites for hydroxylation is 3. The summed E-state index contributed by atoms with van der Waals surface area (Å²) in [5, 5.41) is 2.52. The topological polar surface area (TPSA) is 8.81 Å². The summed E-state index contributed by atoms with van der Waals surface area (Å²) in [7, 11) is 0. The van der Waals surface area contributed by atoms with Gasteiger partial charge in [-0.2, -0.15) is 4.57 Å². The van der Waals surface area contributed by atoms with Crippen molar-refractivity contribution >= 4 is 27.4 Å². The van der Waals surface area contributed by atoms with Gasteiger partial charge >= 0.3 is 0 Å². The van der Waals surface area contributed by atoms with Crippen molar-refractivity contribution in [2.24, 2.45) is 0 Å². The van der Waals surface area contributed by atoms with Crippen LogP contribution in [-0.2, 0) is 5.54 Å². The summed E-state index contributed by atoms with van der Waals surface area (Å²) in [6.45, 7) is 16.2. The molecule has 0 unspecified atom stereocenters. The highest BCUT2D eigenvalue weighted by Gasteiger charge is 2.49. The SMILES string of the molecule is C=C1c2ccc(-c3ccccc3)cc2-c2n(-c3c(C)cc(C)cc3C)c3cc4ccccc4cc3[n+]2C1(CC)CC. The number of imidazole rings is 1. The second kappa shape index (κ2) is 9.31. The lowest BCUT2D eigenvalue weighted by atomic mass is 9.76. The molecule has 2 heteroatoms. The van der Waals surface area contributed by atoms with Crippen LogP contribution in [0, 0.1) is 20.8 Å². The highest BCUT2D eigenvalue weighted by Crippen LogP contribution is 2.48. The van der Waals surface area contributed by atoms with Gasteiger partial charge in [-0.25, -0.2) is 4.57 Å². The second-order valence-corrected chi connectivity index (χ2v) is 11.8. The Morgan fingerprint density at radius 3 is 1.98 bits per heavy atom. The molecule has 2 heterocycles. The molecule has 202 valence electrons. The fourth-order valence-electron chi connectivity index (χ4n) is 7.51. The lowest BCUT2D eigenvalue weighted by Gasteiger charge is -2.37. The molecule has 7 rings (SSSR count). The molecule has 0 amide bonds. The van der Waals surface area contributed by atoms with Crippen LogP contribution >= 0.6 is 0 Å². The first-order chi connectivity index (χ1) is 19.9. The van der Waals surface area contributed by atoms with Crippen LogP contribution in [0.1, 0.15) is 48.9 Å². The zero-order valence-electron chi connectivity index (χ0n) is 24.8. The summed E-state index contributed by atoms with van der Waals surface area (Å²) >= 11 is 0. The maximum absolute atomic E-state index is 4.82. The largest absolute Gasteiger partial charge is 0.296 e. The summed E-state index contributed by atoms with van der Waals surface area (Å²) < 4.78 is 5.21. The third-order valence-corrected chi connectivity index (χ3v) is 9.46. The van der Waals surface area contributed by atoms with Crippen molar-refractivity contribution in [3.63, 3.8) is 0 Å². The van der Waals surface area contributed by atoms with Gasteiger partial charge in [0.05, 0.1) is 5.56 Å². The fraction of sp³-hybridized carbons (Fsp3) is 0.205. The average molecular weight is 534 g/mol. The fourth-order valence-corrected chi connectivity index (χ4v) is 7.51. The Balaban J connectivity index is 1.72. The van der Waals surface area contributed by atoms with Crippen LogP contribution in [-0.4, -0.2) is 4.57 Å². The van der Waals surface area contributed by atoms with Crippen molar-refractivity contribution in [3.8, 4) is 28.2 Å². The van der Waals surface area contributed by atoms with E-state index < -0.39 is 0 Å². The molecule has 5 aromatic carbocycles. The van der Waals surface area contributed by atoms with Gasteiger partial charge in [0.1, 0.15) is 11.2 Å². The van der Waals surface area contributed by atoms with Crippen molar-refractivity contribution < 1.29 is 4.57 Å². The molecule has 0 spiro atoms. The maximum Gasteiger partial charge on any atom is 0.296 e. The minimum atomic E-state index is -0.227. The van der Waals surface area contributed by atoms with Gasteiger partial charge in [-0.1, -0.05) is 105 Å². The number of fused-ring (bicyclic) bond motifs is 6.